The Bertz CT molecular complexity index is 771. The third-order valence-corrected chi connectivity index (χ3v) is 5.59. The van der Waals surface area contributed by atoms with Crippen LogP contribution in [0.15, 0.2) is 16.5 Å². The number of nitrogens with zero attached hydrogens (tertiary/aromatic N) is 4. The van der Waals surface area contributed by atoms with Crippen LogP contribution < -0.4 is 0 Å². The van der Waals surface area contributed by atoms with Gasteiger partial charge in [-0.05, 0) is 58.8 Å². The smallest absolute Gasteiger partial charge is 0.289 e. The van der Waals surface area contributed by atoms with Crippen LogP contribution >= 0.6 is 0 Å². The van der Waals surface area contributed by atoms with Crippen LogP contribution in [-0.2, 0) is 13.6 Å². The van der Waals surface area contributed by atoms with Crippen LogP contribution in [0, 0.1) is 13.8 Å². The van der Waals surface area contributed by atoms with E-state index in [0.717, 1.165) is 35.8 Å². The molecule has 0 radical (unpaired) electrons. The minimum Gasteiger partial charge on any atom is -0.454 e. The van der Waals surface area contributed by atoms with Gasteiger partial charge >= 0.3 is 0 Å². The molecule has 0 N–H and O–H groups in total. The van der Waals surface area contributed by atoms with Gasteiger partial charge in [0.1, 0.15) is 5.76 Å². The second kappa shape index (κ2) is 7.66. The number of carbonyl (C=O) groups is 1. The summed E-state index contributed by atoms with van der Waals surface area (Å²) in [4.78, 5) is 16.9. The molecule has 0 aromatic carbocycles. The fourth-order valence-electron chi connectivity index (χ4n) is 3.72. The number of likely N-dealkylation sites (tertiary alicyclic amines) is 1. The molecule has 1 aliphatic rings. The number of hydrogen-bond donors (Lipinski definition) is 0. The van der Waals surface area contributed by atoms with Crippen molar-refractivity contribution in [2.75, 3.05) is 20.1 Å². The van der Waals surface area contributed by atoms with E-state index >= 15 is 0 Å². The van der Waals surface area contributed by atoms with Crippen LogP contribution in [0.1, 0.15) is 65.5 Å². The molecule has 1 fully saturated rings. The monoisotopic (exact) mass is 358 g/mol. The van der Waals surface area contributed by atoms with Crippen LogP contribution in [-0.4, -0.2) is 45.6 Å². The van der Waals surface area contributed by atoms with Gasteiger partial charge in [-0.3, -0.25) is 14.4 Å². The lowest BCUT2D eigenvalue weighted by Gasteiger charge is -2.31. The van der Waals surface area contributed by atoms with Crippen LogP contribution in [0.25, 0.3) is 0 Å². The van der Waals surface area contributed by atoms with Crippen molar-refractivity contribution in [3.05, 3.63) is 40.6 Å². The molecule has 0 saturated carbocycles. The Balaban J connectivity index is 1.69. The molecule has 1 amide bonds. The maximum atomic E-state index is 12.8. The molecule has 3 rings (SSSR count). The molecule has 0 spiro atoms. The van der Waals surface area contributed by atoms with Crippen molar-refractivity contribution in [3.8, 4) is 0 Å². The molecule has 2 aromatic rings. The fraction of sp³-hybridized carbons (Fsp3) is 0.600. The van der Waals surface area contributed by atoms with Gasteiger partial charge in [0.15, 0.2) is 5.76 Å². The van der Waals surface area contributed by atoms with Gasteiger partial charge in [-0.15, -0.1) is 0 Å². The summed E-state index contributed by atoms with van der Waals surface area (Å²) in [6.07, 6.45) is 3.79. The van der Waals surface area contributed by atoms with E-state index in [4.69, 9.17) is 4.42 Å². The summed E-state index contributed by atoms with van der Waals surface area (Å²) in [7, 11) is 3.74. The summed E-state index contributed by atoms with van der Waals surface area (Å²) < 4.78 is 7.79. The van der Waals surface area contributed by atoms with E-state index in [0.29, 0.717) is 12.3 Å². The number of aryl methyl sites for hydroxylation is 2. The zero-order valence-electron chi connectivity index (χ0n) is 16.6. The summed E-state index contributed by atoms with van der Waals surface area (Å²) in [6.45, 7) is 8.90. The highest BCUT2D eigenvalue weighted by Gasteiger charge is 2.24. The van der Waals surface area contributed by atoms with E-state index in [-0.39, 0.29) is 11.9 Å². The van der Waals surface area contributed by atoms with Crippen molar-refractivity contribution >= 4 is 5.91 Å². The Morgan fingerprint density at radius 1 is 1.27 bits per heavy atom. The fourth-order valence-corrected chi connectivity index (χ4v) is 3.72. The predicted molar refractivity (Wildman–Crippen MR) is 101 cm³/mol. The van der Waals surface area contributed by atoms with Crippen molar-refractivity contribution in [3.63, 3.8) is 0 Å². The van der Waals surface area contributed by atoms with Gasteiger partial charge in [-0.2, -0.15) is 5.10 Å². The first-order valence-corrected chi connectivity index (χ1v) is 9.46. The summed E-state index contributed by atoms with van der Waals surface area (Å²) in [5.41, 5.74) is 3.14. The molecular formula is C20H30N4O2. The third kappa shape index (κ3) is 3.70. The maximum absolute atomic E-state index is 12.8. The van der Waals surface area contributed by atoms with Gasteiger partial charge in [-0.25, -0.2) is 0 Å². The first-order chi connectivity index (χ1) is 12.4. The number of carbonyl (C=O) groups excluding carboxylic acids is 1. The van der Waals surface area contributed by atoms with E-state index < -0.39 is 0 Å². The third-order valence-electron chi connectivity index (χ3n) is 5.59. The second-order valence-electron chi connectivity index (χ2n) is 7.41. The summed E-state index contributed by atoms with van der Waals surface area (Å²) in [5, 5.41) is 4.42. The Hall–Kier alpha value is -2.08. The lowest BCUT2D eigenvalue weighted by Crippen LogP contribution is -2.32. The Morgan fingerprint density at radius 3 is 2.58 bits per heavy atom. The highest BCUT2D eigenvalue weighted by atomic mass is 16.4. The summed E-state index contributed by atoms with van der Waals surface area (Å²) in [6, 6.07) is 3.96. The minimum atomic E-state index is -0.0928. The minimum absolute atomic E-state index is 0.0928. The molecule has 3 heterocycles. The van der Waals surface area contributed by atoms with Crippen LogP contribution in [0.2, 0.25) is 0 Å². The highest BCUT2D eigenvalue weighted by molar-refractivity contribution is 5.91. The zero-order valence-corrected chi connectivity index (χ0v) is 16.6. The van der Waals surface area contributed by atoms with Crippen molar-refractivity contribution in [1.82, 2.24) is 19.6 Å². The van der Waals surface area contributed by atoms with E-state index in [9.17, 15) is 4.79 Å². The molecule has 1 aliphatic heterocycles. The van der Waals surface area contributed by atoms with Crippen molar-refractivity contribution in [2.45, 2.75) is 52.6 Å². The molecule has 1 saturated heterocycles. The van der Waals surface area contributed by atoms with Gasteiger partial charge < -0.3 is 9.32 Å². The van der Waals surface area contributed by atoms with E-state index in [1.165, 1.54) is 19.3 Å². The molecule has 26 heavy (non-hydrogen) atoms. The molecule has 6 nitrogen and oxygen atoms in total. The molecule has 0 aliphatic carbocycles. The van der Waals surface area contributed by atoms with Gasteiger partial charge in [-0.1, -0.05) is 6.42 Å². The number of hydrogen-bond acceptors (Lipinski definition) is 4. The number of rotatable bonds is 5. The van der Waals surface area contributed by atoms with Crippen molar-refractivity contribution < 1.29 is 9.21 Å². The first kappa shape index (κ1) is 18.7. The van der Waals surface area contributed by atoms with Gasteiger partial charge in [0, 0.05) is 31.9 Å². The van der Waals surface area contributed by atoms with Gasteiger partial charge in [0.05, 0.1) is 11.7 Å². The number of furan rings is 1. The van der Waals surface area contributed by atoms with Gasteiger partial charge in [0.25, 0.3) is 5.91 Å². The normalized spacial score (nSPS) is 16.7. The molecule has 6 heteroatoms. The topological polar surface area (TPSA) is 54.5 Å². The van der Waals surface area contributed by atoms with E-state index in [1.807, 2.05) is 38.7 Å². The number of piperidine rings is 1. The summed E-state index contributed by atoms with van der Waals surface area (Å²) in [5.74, 6) is 1.19. The summed E-state index contributed by atoms with van der Waals surface area (Å²) >= 11 is 0. The lowest BCUT2D eigenvalue weighted by molar-refractivity contribution is 0.0745. The SMILES string of the molecule is Cc1nn(C)c(C)c1CN(C)C(=O)c1ccc([C@H](C)N2CCCCC2)o1. The van der Waals surface area contributed by atoms with Crippen LogP contribution in [0.3, 0.4) is 0 Å². The number of amides is 1. The predicted octanol–water partition coefficient (Wildman–Crippen LogP) is 3.45. The lowest BCUT2D eigenvalue weighted by atomic mass is 10.1. The van der Waals surface area contributed by atoms with E-state index in [1.54, 1.807) is 11.0 Å². The van der Waals surface area contributed by atoms with Crippen LogP contribution in [0.5, 0.6) is 0 Å². The average Bonchev–Trinajstić information content (AvgIpc) is 3.22. The molecule has 1 atom stereocenters. The Kier molecular flexibility index (Phi) is 5.51. The van der Waals surface area contributed by atoms with Crippen LogP contribution in [0.4, 0.5) is 0 Å². The average molecular weight is 358 g/mol. The first-order valence-electron chi connectivity index (χ1n) is 9.46. The Morgan fingerprint density at radius 2 is 1.96 bits per heavy atom. The van der Waals surface area contributed by atoms with Gasteiger partial charge in [0.2, 0.25) is 0 Å². The standard InChI is InChI=1S/C20H30N4O2/c1-14-17(15(2)23(5)21-14)13-22(4)20(25)19-10-9-18(26-19)16(3)24-11-7-6-8-12-24/h9-10,16H,6-8,11-13H2,1-5H3/t16-/m0/s1. The molecule has 142 valence electrons. The molecular weight excluding hydrogens is 328 g/mol. The number of aromatic nitrogens is 2. The molecule has 2 aromatic heterocycles. The van der Waals surface area contributed by atoms with E-state index in [2.05, 4.69) is 16.9 Å². The highest BCUT2D eigenvalue weighted by Crippen LogP contribution is 2.26. The second-order valence-corrected chi connectivity index (χ2v) is 7.41. The quantitative estimate of drug-likeness (QED) is 0.821. The molecule has 0 bridgehead atoms. The largest absolute Gasteiger partial charge is 0.454 e. The maximum Gasteiger partial charge on any atom is 0.289 e. The zero-order chi connectivity index (χ0) is 18.8. The molecule has 0 unspecified atom stereocenters. The van der Waals surface area contributed by atoms with Crippen molar-refractivity contribution in [1.29, 1.82) is 0 Å². The van der Waals surface area contributed by atoms with Crippen molar-refractivity contribution in [2.24, 2.45) is 7.05 Å². The Labute approximate surface area is 155 Å².